The van der Waals surface area contributed by atoms with Gasteiger partial charge < -0.3 is 25.3 Å². The molecule has 7 heteroatoms. The Labute approximate surface area is 221 Å². The first kappa shape index (κ1) is 23.9. The summed E-state index contributed by atoms with van der Waals surface area (Å²) in [5.74, 6) is 3.22. The van der Waals surface area contributed by atoms with E-state index in [0.717, 1.165) is 51.1 Å². The number of aromatic nitrogens is 2. The van der Waals surface area contributed by atoms with Gasteiger partial charge in [0.05, 0.1) is 11.9 Å². The molecule has 7 nitrogen and oxygen atoms in total. The fraction of sp³-hybridized carbons (Fsp3) is 0.194. The average molecular weight is 507 g/mol. The third-order valence-corrected chi connectivity index (χ3v) is 6.85. The summed E-state index contributed by atoms with van der Waals surface area (Å²) in [6.07, 6.45) is 1.97. The second-order valence-electron chi connectivity index (χ2n) is 9.28. The molecule has 6 rings (SSSR count). The van der Waals surface area contributed by atoms with E-state index < -0.39 is 0 Å². The van der Waals surface area contributed by atoms with Gasteiger partial charge in [0.15, 0.2) is 11.5 Å². The minimum atomic E-state index is 0.348. The third kappa shape index (κ3) is 4.76. The van der Waals surface area contributed by atoms with Crippen molar-refractivity contribution in [1.82, 2.24) is 9.38 Å². The summed E-state index contributed by atoms with van der Waals surface area (Å²) in [5.41, 5.74) is 13.4. The maximum Gasteiger partial charge on any atom is 0.161 e. The summed E-state index contributed by atoms with van der Waals surface area (Å²) in [6, 6.07) is 26.6. The lowest BCUT2D eigenvalue weighted by Gasteiger charge is -2.19. The predicted molar refractivity (Wildman–Crippen MR) is 149 cm³/mol. The van der Waals surface area contributed by atoms with E-state index in [-0.39, 0.29) is 0 Å². The lowest BCUT2D eigenvalue weighted by atomic mass is 9.96. The standard InChI is InChI=1S/C31H30N4O3/c1-21-24(8-5-9-26(21)23-10-12-28-29(16-23)37-15-14-36-28)20-38-25-11-13-30-34-27(17-32)31(35(30)19-25)33-18-22-6-3-2-4-7-22/h2-13,16,19,33H,14-15,17-18,20,32H2,1H3. The van der Waals surface area contributed by atoms with Crippen LogP contribution in [-0.2, 0) is 19.7 Å². The van der Waals surface area contributed by atoms with Crippen LogP contribution in [0.3, 0.4) is 0 Å². The number of nitrogens with two attached hydrogens (primary N) is 1. The Hall–Kier alpha value is -4.49. The van der Waals surface area contributed by atoms with Crippen molar-refractivity contribution in [2.24, 2.45) is 5.73 Å². The van der Waals surface area contributed by atoms with E-state index in [2.05, 4.69) is 48.6 Å². The second kappa shape index (κ2) is 10.5. The number of imidazole rings is 1. The van der Waals surface area contributed by atoms with Crippen molar-refractivity contribution in [3.05, 3.63) is 107 Å². The molecule has 5 aromatic rings. The number of anilines is 1. The molecule has 3 heterocycles. The first-order chi connectivity index (χ1) is 18.7. The highest BCUT2D eigenvalue weighted by Gasteiger charge is 2.15. The summed E-state index contributed by atoms with van der Waals surface area (Å²) in [7, 11) is 0. The molecule has 0 saturated heterocycles. The molecule has 0 amide bonds. The van der Waals surface area contributed by atoms with E-state index in [1.54, 1.807) is 0 Å². The molecule has 0 radical (unpaired) electrons. The number of fused-ring (bicyclic) bond motifs is 2. The molecule has 0 atom stereocenters. The van der Waals surface area contributed by atoms with Gasteiger partial charge in [-0.3, -0.25) is 4.40 Å². The molecular formula is C31H30N4O3. The Morgan fingerprint density at radius 3 is 2.63 bits per heavy atom. The van der Waals surface area contributed by atoms with Gasteiger partial charge in [0.2, 0.25) is 0 Å². The maximum atomic E-state index is 6.27. The van der Waals surface area contributed by atoms with Gasteiger partial charge in [0, 0.05) is 13.1 Å². The fourth-order valence-corrected chi connectivity index (χ4v) is 4.79. The lowest BCUT2D eigenvalue weighted by Crippen LogP contribution is -2.15. The number of nitrogens with zero attached hydrogens (tertiary/aromatic N) is 2. The molecule has 0 spiro atoms. The molecule has 0 bridgehead atoms. The number of hydrogen-bond donors (Lipinski definition) is 2. The highest BCUT2D eigenvalue weighted by Crippen LogP contribution is 2.36. The first-order valence-corrected chi connectivity index (χ1v) is 12.8. The molecular weight excluding hydrogens is 476 g/mol. The summed E-state index contributed by atoms with van der Waals surface area (Å²) in [5, 5.41) is 3.51. The number of nitrogens with one attached hydrogen (secondary N) is 1. The zero-order valence-electron chi connectivity index (χ0n) is 21.3. The van der Waals surface area contributed by atoms with E-state index >= 15 is 0 Å². The highest BCUT2D eigenvalue weighted by atomic mass is 16.6. The summed E-state index contributed by atoms with van der Waals surface area (Å²) >= 11 is 0. The van der Waals surface area contributed by atoms with Gasteiger partial charge in [-0.1, -0.05) is 54.6 Å². The zero-order chi connectivity index (χ0) is 25.9. The van der Waals surface area contributed by atoms with E-state index in [4.69, 9.17) is 24.9 Å². The predicted octanol–water partition coefficient (Wildman–Crippen LogP) is 5.73. The van der Waals surface area contributed by atoms with E-state index in [9.17, 15) is 0 Å². The molecule has 1 aliphatic rings. The van der Waals surface area contributed by atoms with E-state index in [0.29, 0.717) is 32.9 Å². The Morgan fingerprint density at radius 1 is 0.947 bits per heavy atom. The van der Waals surface area contributed by atoms with Gasteiger partial charge in [-0.25, -0.2) is 4.98 Å². The van der Waals surface area contributed by atoms with Crippen LogP contribution in [-0.4, -0.2) is 22.6 Å². The molecule has 0 saturated carbocycles. The van der Waals surface area contributed by atoms with Crippen molar-refractivity contribution >= 4 is 11.5 Å². The third-order valence-electron chi connectivity index (χ3n) is 6.85. The Morgan fingerprint density at radius 2 is 1.79 bits per heavy atom. The molecule has 0 unspecified atom stereocenters. The normalized spacial score (nSPS) is 12.5. The van der Waals surface area contributed by atoms with Crippen LogP contribution in [0, 0.1) is 6.92 Å². The summed E-state index contributed by atoms with van der Waals surface area (Å²) < 4.78 is 19.7. The Balaban J connectivity index is 1.22. The number of pyridine rings is 1. The van der Waals surface area contributed by atoms with Gasteiger partial charge in [0.25, 0.3) is 0 Å². The van der Waals surface area contributed by atoms with Crippen LogP contribution in [0.5, 0.6) is 17.2 Å². The van der Waals surface area contributed by atoms with Gasteiger partial charge in [0.1, 0.15) is 37.0 Å². The highest BCUT2D eigenvalue weighted by molar-refractivity contribution is 5.71. The van der Waals surface area contributed by atoms with E-state index in [1.165, 1.54) is 11.1 Å². The van der Waals surface area contributed by atoms with Crippen molar-refractivity contribution in [2.75, 3.05) is 18.5 Å². The van der Waals surface area contributed by atoms with Gasteiger partial charge in [-0.05, 0) is 59.0 Å². The molecule has 3 N–H and O–H groups in total. The van der Waals surface area contributed by atoms with Crippen LogP contribution in [0.15, 0.2) is 85.1 Å². The summed E-state index contributed by atoms with van der Waals surface area (Å²) in [4.78, 5) is 4.69. The molecule has 38 heavy (non-hydrogen) atoms. The first-order valence-electron chi connectivity index (χ1n) is 12.8. The van der Waals surface area contributed by atoms with Gasteiger partial charge in [-0.15, -0.1) is 0 Å². The van der Waals surface area contributed by atoms with E-state index in [1.807, 2.05) is 53.1 Å². The quantitative estimate of drug-likeness (QED) is 0.280. The maximum absolute atomic E-state index is 6.27. The van der Waals surface area contributed by atoms with Crippen LogP contribution < -0.4 is 25.3 Å². The fourth-order valence-electron chi connectivity index (χ4n) is 4.79. The molecule has 3 aromatic carbocycles. The van der Waals surface area contributed by atoms with Gasteiger partial charge in [-0.2, -0.15) is 0 Å². The van der Waals surface area contributed by atoms with Crippen LogP contribution >= 0.6 is 0 Å². The monoisotopic (exact) mass is 506 g/mol. The average Bonchev–Trinajstić information content (AvgIpc) is 3.32. The molecule has 192 valence electrons. The van der Waals surface area contributed by atoms with Crippen LogP contribution in [0.2, 0.25) is 0 Å². The number of hydrogen-bond acceptors (Lipinski definition) is 6. The van der Waals surface area contributed by atoms with Crippen molar-refractivity contribution in [1.29, 1.82) is 0 Å². The molecule has 0 aliphatic carbocycles. The van der Waals surface area contributed by atoms with Crippen LogP contribution in [0.4, 0.5) is 5.82 Å². The number of ether oxygens (including phenoxy) is 3. The number of rotatable bonds is 8. The number of benzene rings is 3. The molecule has 0 fully saturated rings. The minimum absolute atomic E-state index is 0.348. The smallest absolute Gasteiger partial charge is 0.161 e. The van der Waals surface area contributed by atoms with Crippen molar-refractivity contribution in [2.45, 2.75) is 26.6 Å². The zero-order valence-corrected chi connectivity index (χ0v) is 21.3. The van der Waals surface area contributed by atoms with Crippen molar-refractivity contribution in [3.63, 3.8) is 0 Å². The van der Waals surface area contributed by atoms with Crippen molar-refractivity contribution < 1.29 is 14.2 Å². The van der Waals surface area contributed by atoms with Crippen LogP contribution in [0.25, 0.3) is 16.8 Å². The molecule has 1 aliphatic heterocycles. The van der Waals surface area contributed by atoms with Crippen LogP contribution in [0.1, 0.15) is 22.4 Å². The Kier molecular flexibility index (Phi) is 6.58. The minimum Gasteiger partial charge on any atom is -0.487 e. The largest absolute Gasteiger partial charge is 0.487 e. The topological polar surface area (TPSA) is 83.0 Å². The Bertz CT molecular complexity index is 1580. The molecule has 2 aromatic heterocycles. The SMILES string of the molecule is Cc1c(COc2ccc3nc(CN)c(NCc4ccccc4)n3c2)cccc1-c1ccc2c(c1)OCCO2. The second-order valence-corrected chi connectivity index (χ2v) is 9.28. The lowest BCUT2D eigenvalue weighted by molar-refractivity contribution is 0.171. The van der Waals surface area contributed by atoms with Gasteiger partial charge >= 0.3 is 0 Å². The summed E-state index contributed by atoms with van der Waals surface area (Å²) in [6.45, 7) is 4.76. The van der Waals surface area contributed by atoms with Crippen molar-refractivity contribution in [3.8, 4) is 28.4 Å².